The number of nitrogens with one attached hydrogen (secondary N) is 1. The van der Waals surface area contributed by atoms with Gasteiger partial charge in [0.2, 0.25) is 0 Å². The molecule has 1 aliphatic rings. The van der Waals surface area contributed by atoms with E-state index in [9.17, 15) is 9.90 Å². The number of aryl methyl sites for hydroxylation is 1. The molecule has 0 atom stereocenters. The molecule has 3 aromatic carbocycles. The Morgan fingerprint density at radius 1 is 1.00 bits per heavy atom. The van der Waals surface area contributed by atoms with E-state index in [2.05, 4.69) is 28.4 Å². The zero-order valence-electron chi connectivity index (χ0n) is 20.3. The van der Waals surface area contributed by atoms with Crippen molar-refractivity contribution in [3.63, 3.8) is 0 Å². The number of hydrogen-bond acceptors (Lipinski definition) is 4. The van der Waals surface area contributed by atoms with E-state index < -0.39 is 0 Å². The SMILES string of the molecule is Cc1ccc(C2CCN(CCCCNC(=O)c3ccc(-c4ccc(C#N)cc4)cc3)CC2)c(O)c1. The van der Waals surface area contributed by atoms with E-state index in [1.807, 2.05) is 49.4 Å². The highest BCUT2D eigenvalue weighted by molar-refractivity contribution is 5.94. The summed E-state index contributed by atoms with van der Waals surface area (Å²) in [4.78, 5) is 15.0. The fourth-order valence-electron chi connectivity index (χ4n) is 4.78. The number of aromatic hydroxyl groups is 1. The standard InChI is InChI=1S/C30H33N3O2/c1-22-4-13-28(29(34)20-22)26-14-18-33(19-15-26)17-3-2-16-32-30(35)27-11-9-25(10-12-27)24-7-5-23(21-31)6-8-24/h4-13,20,26,34H,2-3,14-19H2,1H3,(H,32,35). The number of phenolic OH excluding ortho intramolecular Hbond substituents is 1. The second kappa shape index (κ2) is 11.7. The minimum atomic E-state index is -0.0462. The number of likely N-dealkylation sites (tertiary alicyclic amines) is 1. The zero-order chi connectivity index (χ0) is 24.6. The van der Waals surface area contributed by atoms with Crippen LogP contribution in [0.15, 0.2) is 66.7 Å². The van der Waals surface area contributed by atoms with Crippen LogP contribution in [0.2, 0.25) is 0 Å². The number of nitrogens with zero attached hydrogens (tertiary/aromatic N) is 2. The lowest BCUT2D eigenvalue weighted by Crippen LogP contribution is -2.34. The minimum Gasteiger partial charge on any atom is -0.508 e. The van der Waals surface area contributed by atoms with Gasteiger partial charge in [-0.05, 0) is 111 Å². The number of piperidine rings is 1. The first-order chi connectivity index (χ1) is 17.0. The van der Waals surface area contributed by atoms with E-state index in [4.69, 9.17) is 5.26 Å². The summed E-state index contributed by atoms with van der Waals surface area (Å²) in [5, 5.41) is 22.2. The van der Waals surface area contributed by atoms with E-state index in [1.54, 1.807) is 12.1 Å². The van der Waals surface area contributed by atoms with Crippen LogP contribution in [0.25, 0.3) is 11.1 Å². The average Bonchev–Trinajstić information content (AvgIpc) is 2.89. The first-order valence-electron chi connectivity index (χ1n) is 12.4. The van der Waals surface area contributed by atoms with Crippen LogP contribution in [0, 0.1) is 18.3 Å². The van der Waals surface area contributed by atoms with Crippen LogP contribution in [0.5, 0.6) is 5.75 Å². The summed E-state index contributed by atoms with van der Waals surface area (Å²) in [6.07, 6.45) is 4.16. The van der Waals surface area contributed by atoms with Gasteiger partial charge in [0, 0.05) is 12.1 Å². The Balaban J connectivity index is 1.14. The number of nitriles is 1. The van der Waals surface area contributed by atoms with Crippen LogP contribution in [0.3, 0.4) is 0 Å². The van der Waals surface area contributed by atoms with Crippen molar-refractivity contribution < 1.29 is 9.90 Å². The number of hydrogen-bond donors (Lipinski definition) is 2. The molecule has 1 fully saturated rings. The molecule has 0 radical (unpaired) electrons. The molecule has 0 bridgehead atoms. The summed E-state index contributed by atoms with van der Waals surface area (Å²) >= 11 is 0. The predicted molar refractivity (Wildman–Crippen MR) is 139 cm³/mol. The Bertz CT molecular complexity index is 1170. The molecule has 35 heavy (non-hydrogen) atoms. The highest BCUT2D eigenvalue weighted by atomic mass is 16.3. The molecule has 1 amide bonds. The van der Waals surface area contributed by atoms with E-state index in [0.717, 1.165) is 67.6 Å². The van der Waals surface area contributed by atoms with Crippen LogP contribution < -0.4 is 5.32 Å². The van der Waals surface area contributed by atoms with Crippen molar-refractivity contribution in [1.82, 2.24) is 10.2 Å². The van der Waals surface area contributed by atoms with Gasteiger partial charge in [-0.15, -0.1) is 0 Å². The largest absolute Gasteiger partial charge is 0.508 e. The number of unbranched alkanes of at least 4 members (excludes halogenated alkanes) is 1. The summed E-state index contributed by atoms with van der Waals surface area (Å²) in [6.45, 7) is 5.82. The maximum Gasteiger partial charge on any atom is 0.251 e. The van der Waals surface area contributed by atoms with Gasteiger partial charge in [0.05, 0.1) is 11.6 Å². The fourth-order valence-corrected chi connectivity index (χ4v) is 4.78. The first-order valence-corrected chi connectivity index (χ1v) is 12.4. The van der Waals surface area contributed by atoms with Crippen molar-refractivity contribution in [1.29, 1.82) is 5.26 Å². The van der Waals surface area contributed by atoms with E-state index in [1.165, 1.54) is 0 Å². The van der Waals surface area contributed by atoms with Gasteiger partial charge in [0.25, 0.3) is 5.91 Å². The van der Waals surface area contributed by atoms with Crippen LogP contribution in [0.1, 0.15) is 58.6 Å². The van der Waals surface area contributed by atoms with Crippen LogP contribution in [0.4, 0.5) is 0 Å². The second-order valence-electron chi connectivity index (χ2n) is 9.41. The molecule has 1 heterocycles. The van der Waals surface area contributed by atoms with Crippen LogP contribution in [-0.4, -0.2) is 42.1 Å². The molecule has 4 rings (SSSR count). The molecule has 0 aliphatic carbocycles. The van der Waals surface area contributed by atoms with Crippen molar-refractivity contribution in [2.75, 3.05) is 26.2 Å². The van der Waals surface area contributed by atoms with Gasteiger partial charge in [-0.3, -0.25) is 4.79 Å². The summed E-state index contributed by atoms with van der Waals surface area (Å²) < 4.78 is 0. The molecule has 1 aliphatic heterocycles. The van der Waals surface area contributed by atoms with Crippen molar-refractivity contribution >= 4 is 5.91 Å². The number of benzene rings is 3. The molecular formula is C30H33N3O2. The molecule has 180 valence electrons. The minimum absolute atomic E-state index is 0.0462. The van der Waals surface area contributed by atoms with Gasteiger partial charge in [-0.2, -0.15) is 5.26 Å². The average molecular weight is 468 g/mol. The second-order valence-corrected chi connectivity index (χ2v) is 9.41. The van der Waals surface area contributed by atoms with Gasteiger partial charge in [0.1, 0.15) is 5.75 Å². The predicted octanol–water partition coefficient (Wildman–Crippen LogP) is 5.63. The Morgan fingerprint density at radius 3 is 2.29 bits per heavy atom. The third-order valence-electron chi connectivity index (χ3n) is 6.89. The quantitative estimate of drug-likeness (QED) is 0.421. The molecule has 0 unspecified atom stereocenters. The van der Waals surface area contributed by atoms with E-state index in [0.29, 0.717) is 29.3 Å². The topological polar surface area (TPSA) is 76.4 Å². The summed E-state index contributed by atoms with van der Waals surface area (Å²) in [5.74, 6) is 0.827. The molecule has 2 N–H and O–H groups in total. The molecule has 5 nitrogen and oxygen atoms in total. The Kier molecular flexibility index (Phi) is 8.18. The van der Waals surface area contributed by atoms with Crippen molar-refractivity contribution in [3.8, 4) is 22.9 Å². The molecule has 0 aromatic heterocycles. The van der Waals surface area contributed by atoms with Gasteiger partial charge in [-0.25, -0.2) is 0 Å². The highest BCUT2D eigenvalue weighted by Crippen LogP contribution is 2.34. The Morgan fingerprint density at radius 2 is 1.66 bits per heavy atom. The number of carbonyl (C=O) groups is 1. The monoisotopic (exact) mass is 467 g/mol. The third-order valence-corrected chi connectivity index (χ3v) is 6.89. The number of amides is 1. The van der Waals surface area contributed by atoms with Crippen LogP contribution in [-0.2, 0) is 0 Å². The third kappa shape index (κ3) is 6.49. The lowest BCUT2D eigenvalue weighted by Gasteiger charge is -2.32. The number of phenols is 1. The Hall–Kier alpha value is -3.62. The lowest BCUT2D eigenvalue weighted by atomic mass is 9.88. The van der Waals surface area contributed by atoms with Gasteiger partial charge in [0.15, 0.2) is 0 Å². The first kappa shape index (κ1) is 24.5. The van der Waals surface area contributed by atoms with Gasteiger partial charge >= 0.3 is 0 Å². The van der Waals surface area contributed by atoms with E-state index >= 15 is 0 Å². The zero-order valence-corrected chi connectivity index (χ0v) is 20.3. The normalized spacial score (nSPS) is 14.4. The summed E-state index contributed by atoms with van der Waals surface area (Å²) in [7, 11) is 0. The summed E-state index contributed by atoms with van der Waals surface area (Å²) in [5.41, 5.74) is 5.52. The lowest BCUT2D eigenvalue weighted by molar-refractivity contribution is 0.0952. The molecule has 5 heteroatoms. The van der Waals surface area contributed by atoms with Crippen molar-refractivity contribution in [3.05, 3.63) is 89.0 Å². The van der Waals surface area contributed by atoms with Crippen LogP contribution >= 0.6 is 0 Å². The summed E-state index contributed by atoms with van der Waals surface area (Å²) in [6, 6.07) is 23.2. The number of carbonyl (C=O) groups excluding carboxylic acids is 1. The highest BCUT2D eigenvalue weighted by Gasteiger charge is 2.22. The number of rotatable bonds is 8. The molecule has 3 aromatic rings. The van der Waals surface area contributed by atoms with Gasteiger partial charge in [-0.1, -0.05) is 36.4 Å². The fraction of sp³-hybridized carbons (Fsp3) is 0.333. The van der Waals surface area contributed by atoms with Crippen molar-refractivity contribution in [2.45, 2.75) is 38.5 Å². The molecule has 0 saturated carbocycles. The van der Waals surface area contributed by atoms with Crippen molar-refractivity contribution in [2.24, 2.45) is 0 Å². The van der Waals surface area contributed by atoms with Gasteiger partial charge < -0.3 is 15.3 Å². The molecular weight excluding hydrogens is 434 g/mol. The van der Waals surface area contributed by atoms with E-state index in [-0.39, 0.29) is 5.91 Å². The molecule has 0 spiro atoms. The maximum absolute atomic E-state index is 12.5. The smallest absolute Gasteiger partial charge is 0.251 e. The Labute approximate surface area is 208 Å². The molecule has 1 saturated heterocycles. The maximum atomic E-state index is 12.5.